The largest absolute Gasteiger partial charge is 0.423 e. The van der Waals surface area contributed by atoms with Crippen molar-refractivity contribution in [2.75, 3.05) is 0 Å². The summed E-state index contributed by atoms with van der Waals surface area (Å²) < 4.78 is 5.18. The number of benzene rings is 2. The first kappa shape index (κ1) is 15.3. The summed E-state index contributed by atoms with van der Waals surface area (Å²) in [6.07, 6.45) is 3.06. The van der Waals surface area contributed by atoms with Crippen molar-refractivity contribution in [1.82, 2.24) is 5.32 Å². The van der Waals surface area contributed by atoms with Gasteiger partial charge in [0.05, 0.1) is 0 Å². The van der Waals surface area contributed by atoms with Gasteiger partial charge in [-0.2, -0.15) is 0 Å². The first-order valence-electron chi connectivity index (χ1n) is 6.71. The Bertz CT molecular complexity index is 664. The molecular formula is C17H16N2O3. The van der Waals surface area contributed by atoms with Gasteiger partial charge >= 0.3 is 12.0 Å². The van der Waals surface area contributed by atoms with Crippen LogP contribution in [0.2, 0.25) is 0 Å². The van der Waals surface area contributed by atoms with E-state index < -0.39 is 12.0 Å². The predicted octanol–water partition coefficient (Wildman–Crippen LogP) is 2.47. The third kappa shape index (κ3) is 5.13. The van der Waals surface area contributed by atoms with Gasteiger partial charge in [-0.1, -0.05) is 42.5 Å². The maximum Gasteiger partial charge on any atom is 0.336 e. The van der Waals surface area contributed by atoms with Crippen LogP contribution in [0.15, 0.2) is 60.7 Å². The molecule has 0 fully saturated rings. The lowest BCUT2D eigenvalue weighted by molar-refractivity contribution is -0.128. The van der Waals surface area contributed by atoms with Crippen molar-refractivity contribution in [2.24, 2.45) is 5.73 Å². The molecular weight excluding hydrogens is 280 g/mol. The molecule has 2 rings (SSSR count). The van der Waals surface area contributed by atoms with Gasteiger partial charge in [-0.15, -0.1) is 0 Å². The molecule has 112 valence electrons. The summed E-state index contributed by atoms with van der Waals surface area (Å²) >= 11 is 0. The number of amides is 2. The summed E-state index contributed by atoms with van der Waals surface area (Å²) in [4.78, 5) is 22.3. The normalized spacial score (nSPS) is 10.4. The van der Waals surface area contributed by atoms with Gasteiger partial charge in [-0.3, -0.25) is 0 Å². The van der Waals surface area contributed by atoms with Crippen LogP contribution in [0.3, 0.4) is 0 Å². The van der Waals surface area contributed by atoms with Crippen LogP contribution in [0.25, 0.3) is 6.08 Å². The van der Waals surface area contributed by atoms with Crippen LogP contribution in [0, 0.1) is 0 Å². The number of carbonyl (C=O) groups is 2. The highest BCUT2D eigenvalue weighted by Gasteiger charge is 2.01. The molecule has 0 radical (unpaired) electrons. The van der Waals surface area contributed by atoms with Gasteiger partial charge in [0.25, 0.3) is 0 Å². The summed E-state index contributed by atoms with van der Waals surface area (Å²) in [6, 6.07) is 15.7. The zero-order valence-electron chi connectivity index (χ0n) is 11.9. The van der Waals surface area contributed by atoms with E-state index >= 15 is 0 Å². The van der Waals surface area contributed by atoms with E-state index in [9.17, 15) is 9.59 Å². The Labute approximate surface area is 128 Å². The van der Waals surface area contributed by atoms with Gasteiger partial charge in [0.1, 0.15) is 5.75 Å². The molecule has 0 saturated heterocycles. The molecule has 3 N–H and O–H groups in total. The number of esters is 1. The smallest absolute Gasteiger partial charge is 0.336 e. The minimum Gasteiger partial charge on any atom is -0.423 e. The second-order valence-electron chi connectivity index (χ2n) is 4.53. The highest BCUT2D eigenvalue weighted by molar-refractivity contribution is 5.88. The van der Waals surface area contributed by atoms with Gasteiger partial charge in [0.2, 0.25) is 0 Å². The molecule has 0 heterocycles. The maximum absolute atomic E-state index is 11.7. The summed E-state index contributed by atoms with van der Waals surface area (Å²) in [6.45, 7) is 0.331. The van der Waals surface area contributed by atoms with Gasteiger partial charge in [-0.25, -0.2) is 9.59 Å². The number of nitrogens with one attached hydrogen (secondary N) is 1. The first-order valence-corrected chi connectivity index (χ1v) is 6.71. The number of primary amides is 1. The van der Waals surface area contributed by atoms with E-state index in [0.717, 1.165) is 11.1 Å². The Hall–Kier alpha value is -3.08. The monoisotopic (exact) mass is 296 g/mol. The van der Waals surface area contributed by atoms with Crippen molar-refractivity contribution < 1.29 is 14.3 Å². The van der Waals surface area contributed by atoms with Crippen molar-refractivity contribution >= 4 is 18.1 Å². The molecule has 5 heteroatoms. The highest BCUT2D eigenvalue weighted by Crippen LogP contribution is 2.13. The fraction of sp³-hybridized carbons (Fsp3) is 0.0588. The molecule has 5 nitrogen and oxygen atoms in total. The first-order chi connectivity index (χ1) is 10.6. The number of carbonyl (C=O) groups excluding carboxylic acids is 2. The van der Waals surface area contributed by atoms with Crippen molar-refractivity contribution in [3.63, 3.8) is 0 Å². The lowest BCUT2D eigenvalue weighted by atomic mass is 10.2. The third-order valence-corrected chi connectivity index (χ3v) is 2.82. The summed E-state index contributed by atoms with van der Waals surface area (Å²) in [5.74, 6) is -0.0163. The fourth-order valence-electron chi connectivity index (χ4n) is 1.74. The van der Waals surface area contributed by atoms with Crippen LogP contribution in [0.5, 0.6) is 5.75 Å². The topological polar surface area (TPSA) is 81.4 Å². The Morgan fingerprint density at radius 3 is 2.36 bits per heavy atom. The predicted molar refractivity (Wildman–Crippen MR) is 84.0 cm³/mol. The van der Waals surface area contributed by atoms with E-state index in [-0.39, 0.29) is 0 Å². The standard InChI is InChI=1S/C17H16N2O3/c18-17(21)19-12-14-6-9-15(10-7-14)22-16(20)11-8-13-4-2-1-3-5-13/h1-11H,12H2,(H3,18,19,21). The van der Waals surface area contributed by atoms with Crippen molar-refractivity contribution in [3.05, 3.63) is 71.8 Å². The van der Waals surface area contributed by atoms with Crippen molar-refractivity contribution in [2.45, 2.75) is 6.54 Å². The van der Waals surface area contributed by atoms with Gasteiger partial charge in [-0.05, 0) is 29.3 Å². The van der Waals surface area contributed by atoms with Gasteiger partial charge in [0, 0.05) is 12.6 Å². The molecule has 2 amide bonds. The summed E-state index contributed by atoms with van der Waals surface area (Å²) in [5.41, 5.74) is 6.77. The zero-order valence-corrected chi connectivity index (χ0v) is 11.9. The van der Waals surface area contributed by atoms with Crippen molar-refractivity contribution in [3.8, 4) is 5.75 Å². The average molecular weight is 296 g/mol. The van der Waals surface area contributed by atoms with E-state index in [0.29, 0.717) is 12.3 Å². The Morgan fingerprint density at radius 2 is 1.73 bits per heavy atom. The van der Waals surface area contributed by atoms with Crippen LogP contribution in [0.1, 0.15) is 11.1 Å². The molecule has 0 atom stereocenters. The molecule has 0 spiro atoms. The van der Waals surface area contributed by atoms with Crippen molar-refractivity contribution in [1.29, 1.82) is 0 Å². The molecule has 0 aliphatic rings. The van der Waals surface area contributed by atoms with E-state index in [1.54, 1.807) is 30.3 Å². The highest BCUT2D eigenvalue weighted by atomic mass is 16.5. The number of nitrogens with two attached hydrogens (primary N) is 1. The molecule has 0 saturated carbocycles. The van der Waals surface area contributed by atoms with E-state index in [2.05, 4.69) is 5.32 Å². The quantitative estimate of drug-likeness (QED) is 0.505. The summed E-state index contributed by atoms with van der Waals surface area (Å²) in [5, 5.41) is 2.48. The van der Waals surface area contributed by atoms with Crippen LogP contribution >= 0.6 is 0 Å². The molecule has 0 aromatic heterocycles. The Balaban J connectivity index is 1.89. The number of hydrogen-bond acceptors (Lipinski definition) is 3. The van der Waals surface area contributed by atoms with Crippen LogP contribution in [0.4, 0.5) is 4.79 Å². The minimum absolute atomic E-state index is 0.331. The average Bonchev–Trinajstić information content (AvgIpc) is 2.53. The number of hydrogen-bond donors (Lipinski definition) is 2. The molecule has 0 aliphatic heterocycles. The number of rotatable bonds is 5. The fourth-order valence-corrected chi connectivity index (χ4v) is 1.74. The van der Waals surface area contributed by atoms with Crippen LogP contribution < -0.4 is 15.8 Å². The molecule has 2 aromatic carbocycles. The van der Waals surface area contributed by atoms with Crippen LogP contribution in [-0.2, 0) is 11.3 Å². The van der Waals surface area contributed by atoms with E-state index in [1.807, 2.05) is 30.3 Å². The summed E-state index contributed by atoms with van der Waals surface area (Å²) in [7, 11) is 0. The number of urea groups is 1. The van der Waals surface area contributed by atoms with Gasteiger partial charge in [0.15, 0.2) is 0 Å². The Kier molecular flexibility index (Phi) is 5.31. The SMILES string of the molecule is NC(=O)NCc1ccc(OC(=O)C=Cc2ccccc2)cc1. The zero-order chi connectivity index (χ0) is 15.8. The Morgan fingerprint density at radius 1 is 1.05 bits per heavy atom. The molecule has 22 heavy (non-hydrogen) atoms. The van der Waals surface area contributed by atoms with Crippen LogP contribution in [-0.4, -0.2) is 12.0 Å². The second-order valence-corrected chi connectivity index (χ2v) is 4.53. The molecule has 0 bridgehead atoms. The number of ether oxygens (including phenoxy) is 1. The lowest BCUT2D eigenvalue weighted by Crippen LogP contribution is -2.28. The maximum atomic E-state index is 11.7. The van der Waals surface area contributed by atoms with Gasteiger partial charge < -0.3 is 15.8 Å². The molecule has 0 unspecified atom stereocenters. The molecule has 0 aliphatic carbocycles. The lowest BCUT2D eigenvalue weighted by Gasteiger charge is -2.04. The van der Waals surface area contributed by atoms with E-state index in [1.165, 1.54) is 6.08 Å². The third-order valence-electron chi connectivity index (χ3n) is 2.82. The van der Waals surface area contributed by atoms with E-state index in [4.69, 9.17) is 10.5 Å². The second kappa shape index (κ2) is 7.64. The molecule has 2 aromatic rings. The minimum atomic E-state index is -0.582.